The summed E-state index contributed by atoms with van der Waals surface area (Å²) in [6, 6.07) is 4.04. The van der Waals surface area contributed by atoms with Gasteiger partial charge in [0.1, 0.15) is 8.24 Å². The van der Waals surface area contributed by atoms with Crippen LogP contribution < -0.4 is 5.40 Å². The molecule has 0 aromatic carbocycles. The van der Waals surface area contributed by atoms with Crippen LogP contribution in [0.3, 0.4) is 0 Å². The first-order valence-electron chi connectivity index (χ1n) is 7.40. The van der Waals surface area contributed by atoms with E-state index in [1.807, 2.05) is 0 Å². The van der Waals surface area contributed by atoms with Crippen LogP contribution in [0, 0.1) is 5.92 Å². The van der Waals surface area contributed by atoms with Crippen LogP contribution in [0.15, 0.2) is 0 Å². The molecule has 0 fully saturated rings. The lowest BCUT2D eigenvalue weighted by molar-refractivity contribution is 0.447. The largest absolute Gasteiger partial charge is 0.351 e. The van der Waals surface area contributed by atoms with Gasteiger partial charge in [0.05, 0.1) is 0 Å². The molecule has 1 atom stereocenters. The summed E-state index contributed by atoms with van der Waals surface area (Å²) in [5.41, 5.74) is 0. The van der Waals surface area contributed by atoms with Gasteiger partial charge < -0.3 is 5.40 Å². The van der Waals surface area contributed by atoms with Crippen molar-refractivity contribution in [1.29, 1.82) is 0 Å². The number of hydrogen-bond acceptors (Lipinski definition) is 1. The molecule has 2 heteroatoms. The van der Waals surface area contributed by atoms with E-state index in [1.165, 1.54) is 56.7 Å². The van der Waals surface area contributed by atoms with Crippen molar-refractivity contribution >= 4 is 8.24 Å². The Hall–Kier alpha value is 0.177. The van der Waals surface area contributed by atoms with Gasteiger partial charge in [-0.1, -0.05) is 66.2 Å². The van der Waals surface area contributed by atoms with Crippen LogP contribution in [0.5, 0.6) is 0 Å². The summed E-state index contributed by atoms with van der Waals surface area (Å²) in [7, 11) is -1.36. The Kier molecular flexibility index (Phi) is 9.33. The van der Waals surface area contributed by atoms with Crippen LogP contribution in [0.2, 0.25) is 18.1 Å². The molecule has 0 radical (unpaired) electrons. The van der Waals surface area contributed by atoms with E-state index in [0.717, 1.165) is 5.92 Å². The topological polar surface area (TPSA) is 26.0 Å². The Bertz CT molecular complexity index is 153. The van der Waals surface area contributed by atoms with Gasteiger partial charge in [0.25, 0.3) is 0 Å². The Morgan fingerprint density at radius 2 is 1.38 bits per heavy atom. The van der Waals surface area contributed by atoms with Crippen LogP contribution >= 0.6 is 0 Å². The number of hydrogen-bond donors (Lipinski definition) is 1. The van der Waals surface area contributed by atoms with Crippen LogP contribution in [0.4, 0.5) is 0 Å². The van der Waals surface area contributed by atoms with Crippen molar-refractivity contribution in [3.05, 3.63) is 0 Å². The highest BCUT2D eigenvalue weighted by Gasteiger charge is 2.26. The Morgan fingerprint density at radius 1 is 0.812 bits per heavy atom. The van der Waals surface area contributed by atoms with E-state index in [1.54, 1.807) is 0 Å². The van der Waals surface area contributed by atoms with Gasteiger partial charge in [-0.05, 0) is 24.1 Å². The van der Waals surface area contributed by atoms with E-state index < -0.39 is 8.24 Å². The normalized spacial score (nSPS) is 14.1. The summed E-state index contributed by atoms with van der Waals surface area (Å²) in [6.45, 7) is 9.20. The van der Waals surface area contributed by atoms with E-state index >= 15 is 0 Å². The smallest absolute Gasteiger partial charge is 0.123 e. The summed E-state index contributed by atoms with van der Waals surface area (Å²) >= 11 is 0. The third-order valence-electron chi connectivity index (χ3n) is 3.82. The summed E-state index contributed by atoms with van der Waals surface area (Å²) in [5.74, 6) is 0.939. The molecule has 98 valence electrons. The molecule has 0 bridgehead atoms. The standard InChI is InChI=1S/C14H33NSi/c1-5-9-14(8-4)10-13-16(15,11-6-2)12-7-3/h14H,5-13,15H2,1-4H3. The van der Waals surface area contributed by atoms with Gasteiger partial charge in [-0.2, -0.15) is 0 Å². The van der Waals surface area contributed by atoms with Gasteiger partial charge in [-0.3, -0.25) is 0 Å². The van der Waals surface area contributed by atoms with Crippen molar-refractivity contribution in [3.63, 3.8) is 0 Å². The van der Waals surface area contributed by atoms with Gasteiger partial charge >= 0.3 is 0 Å². The lowest BCUT2D eigenvalue weighted by atomic mass is 9.98. The van der Waals surface area contributed by atoms with Crippen molar-refractivity contribution < 1.29 is 0 Å². The average molecular weight is 244 g/mol. The van der Waals surface area contributed by atoms with Crippen molar-refractivity contribution in [2.24, 2.45) is 11.3 Å². The predicted molar refractivity (Wildman–Crippen MR) is 78.3 cm³/mol. The first-order valence-corrected chi connectivity index (χ1v) is 10.1. The molecule has 0 saturated heterocycles. The molecular formula is C14H33NSi. The van der Waals surface area contributed by atoms with Crippen LogP contribution in [-0.2, 0) is 0 Å². The highest BCUT2D eigenvalue weighted by molar-refractivity contribution is 6.76. The molecule has 0 aliphatic carbocycles. The minimum absolute atomic E-state index is 0.939. The zero-order valence-corrected chi connectivity index (χ0v) is 13.0. The fourth-order valence-corrected chi connectivity index (χ4v) is 6.55. The first-order chi connectivity index (χ1) is 7.61. The van der Waals surface area contributed by atoms with E-state index in [-0.39, 0.29) is 0 Å². The van der Waals surface area contributed by atoms with Gasteiger partial charge in [-0.25, -0.2) is 0 Å². The van der Waals surface area contributed by atoms with Gasteiger partial charge in [0.2, 0.25) is 0 Å². The second kappa shape index (κ2) is 9.23. The van der Waals surface area contributed by atoms with E-state index in [0.29, 0.717) is 0 Å². The number of rotatable bonds is 10. The van der Waals surface area contributed by atoms with Gasteiger partial charge in [0.15, 0.2) is 0 Å². The average Bonchev–Trinajstić information content (AvgIpc) is 2.25. The zero-order chi connectivity index (χ0) is 12.4. The van der Waals surface area contributed by atoms with Crippen LogP contribution in [0.25, 0.3) is 0 Å². The molecule has 2 N–H and O–H groups in total. The lowest BCUT2D eigenvalue weighted by Crippen LogP contribution is -2.45. The second-order valence-electron chi connectivity index (χ2n) is 5.46. The maximum atomic E-state index is 6.66. The lowest BCUT2D eigenvalue weighted by Gasteiger charge is -2.28. The maximum Gasteiger partial charge on any atom is 0.123 e. The molecule has 0 amide bonds. The SMILES string of the molecule is CCCC(CC)CC[Si](N)(CCC)CCC. The number of nitrogens with two attached hydrogens (primary N) is 1. The van der Waals surface area contributed by atoms with E-state index in [9.17, 15) is 0 Å². The van der Waals surface area contributed by atoms with E-state index in [4.69, 9.17) is 5.40 Å². The van der Waals surface area contributed by atoms with Gasteiger partial charge in [-0.15, -0.1) is 0 Å². The molecule has 0 heterocycles. The van der Waals surface area contributed by atoms with Crippen molar-refractivity contribution in [3.8, 4) is 0 Å². The molecule has 0 rings (SSSR count). The highest BCUT2D eigenvalue weighted by atomic mass is 28.3. The first kappa shape index (κ1) is 16.2. The Balaban J connectivity index is 4.07. The minimum Gasteiger partial charge on any atom is -0.351 e. The summed E-state index contributed by atoms with van der Waals surface area (Å²) in [6.07, 6.45) is 8.04. The Labute approximate surface area is 104 Å². The molecule has 1 unspecified atom stereocenters. The second-order valence-corrected chi connectivity index (χ2v) is 9.69. The third kappa shape index (κ3) is 6.69. The maximum absolute atomic E-state index is 6.66. The molecule has 0 aromatic rings. The van der Waals surface area contributed by atoms with Crippen LogP contribution in [0.1, 0.15) is 66.2 Å². The summed E-state index contributed by atoms with van der Waals surface area (Å²) in [5, 5.41) is 6.66. The molecule has 0 saturated carbocycles. The monoisotopic (exact) mass is 243 g/mol. The molecule has 0 aliphatic rings. The molecule has 0 aromatic heterocycles. The molecular weight excluding hydrogens is 210 g/mol. The fourth-order valence-electron chi connectivity index (χ4n) is 2.82. The van der Waals surface area contributed by atoms with Crippen molar-refractivity contribution in [2.45, 2.75) is 84.4 Å². The Morgan fingerprint density at radius 3 is 1.75 bits per heavy atom. The minimum atomic E-state index is -1.36. The molecule has 0 aliphatic heterocycles. The van der Waals surface area contributed by atoms with Crippen molar-refractivity contribution in [1.82, 2.24) is 0 Å². The van der Waals surface area contributed by atoms with Crippen LogP contribution in [-0.4, -0.2) is 8.24 Å². The summed E-state index contributed by atoms with van der Waals surface area (Å²) in [4.78, 5) is 0. The highest BCUT2D eigenvalue weighted by Crippen LogP contribution is 2.26. The van der Waals surface area contributed by atoms with E-state index in [2.05, 4.69) is 27.7 Å². The molecule has 1 nitrogen and oxygen atoms in total. The fraction of sp³-hybridized carbons (Fsp3) is 1.00. The van der Waals surface area contributed by atoms with Crippen molar-refractivity contribution in [2.75, 3.05) is 0 Å². The predicted octanol–water partition coefficient (Wildman–Crippen LogP) is 4.93. The quantitative estimate of drug-likeness (QED) is 0.541. The summed E-state index contributed by atoms with van der Waals surface area (Å²) < 4.78 is 0. The van der Waals surface area contributed by atoms with Gasteiger partial charge in [0, 0.05) is 0 Å². The molecule has 16 heavy (non-hydrogen) atoms. The third-order valence-corrected chi connectivity index (χ3v) is 8.10. The zero-order valence-electron chi connectivity index (χ0n) is 12.0. The molecule has 0 spiro atoms.